The molecule has 3 aliphatic heterocycles. The number of hydrogen-bond donors (Lipinski definition) is 0. The molecule has 2 saturated heterocycles. The first-order chi connectivity index (χ1) is 19.8. The zero-order valence-electron chi connectivity index (χ0n) is 25.1. The molecule has 2 aromatic rings. The molecule has 224 valence electrons. The standard InChI is InChI=1S/C33H46N2O6/c1-33(2)14-13-25-27(41-33)19-28(30-23-10-6-11-24(23)32(37)40-31(25)30)39-21-29(36)35(17-8-18-38-3)20-22-9-7-16-34-15-5-4-12-26(22)34/h19,22,26H,4-18,20-21H2,1-3H3. The number of carbonyl (C=O) groups excluding carboxylic acids is 1. The smallest absolute Gasteiger partial charge is 0.339 e. The molecular weight excluding hydrogens is 520 g/mol. The highest BCUT2D eigenvalue weighted by Gasteiger charge is 2.36. The van der Waals surface area contributed by atoms with E-state index in [0.29, 0.717) is 42.2 Å². The summed E-state index contributed by atoms with van der Waals surface area (Å²) >= 11 is 0. The Hall–Kier alpha value is -2.58. The Morgan fingerprint density at radius 2 is 1.90 bits per heavy atom. The molecule has 6 rings (SSSR count). The molecular formula is C33H46N2O6. The van der Waals surface area contributed by atoms with Crippen LogP contribution < -0.4 is 15.1 Å². The summed E-state index contributed by atoms with van der Waals surface area (Å²) in [5.74, 6) is 1.76. The summed E-state index contributed by atoms with van der Waals surface area (Å²) in [5, 5.41) is 0.850. The molecule has 2 unspecified atom stereocenters. The molecule has 1 aromatic heterocycles. The van der Waals surface area contributed by atoms with E-state index in [1.807, 2.05) is 11.0 Å². The Morgan fingerprint density at radius 1 is 1.07 bits per heavy atom. The van der Waals surface area contributed by atoms with Crippen LogP contribution in [-0.4, -0.2) is 73.9 Å². The van der Waals surface area contributed by atoms with Gasteiger partial charge in [-0.1, -0.05) is 6.42 Å². The summed E-state index contributed by atoms with van der Waals surface area (Å²) in [6.07, 6.45) is 11.0. The van der Waals surface area contributed by atoms with Crippen molar-refractivity contribution in [2.45, 2.75) is 96.1 Å². The van der Waals surface area contributed by atoms with Crippen LogP contribution in [0.5, 0.6) is 11.5 Å². The van der Waals surface area contributed by atoms with Gasteiger partial charge < -0.3 is 28.4 Å². The van der Waals surface area contributed by atoms with Gasteiger partial charge in [-0.2, -0.15) is 0 Å². The summed E-state index contributed by atoms with van der Waals surface area (Å²) < 4.78 is 24.0. The van der Waals surface area contributed by atoms with Gasteiger partial charge in [0.05, 0.1) is 5.39 Å². The van der Waals surface area contributed by atoms with Crippen molar-refractivity contribution in [3.05, 3.63) is 33.2 Å². The molecule has 8 nitrogen and oxygen atoms in total. The van der Waals surface area contributed by atoms with E-state index in [4.69, 9.17) is 18.6 Å². The Labute approximate surface area is 243 Å². The summed E-state index contributed by atoms with van der Waals surface area (Å²) in [4.78, 5) is 31.4. The summed E-state index contributed by atoms with van der Waals surface area (Å²) in [6, 6.07) is 2.51. The second-order valence-electron chi connectivity index (χ2n) is 13.1. The van der Waals surface area contributed by atoms with Crippen molar-refractivity contribution in [2.75, 3.05) is 46.5 Å². The number of amides is 1. The number of aryl methyl sites for hydroxylation is 2. The number of hydrogen-bond acceptors (Lipinski definition) is 7. The van der Waals surface area contributed by atoms with E-state index >= 15 is 0 Å². The van der Waals surface area contributed by atoms with Gasteiger partial charge in [-0.15, -0.1) is 0 Å². The van der Waals surface area contributed by atoms with Gasteiger partial charge in [0.25, 0.3) is 5.91 Å². The van der Waals surface area contributed by atoms with Crippen LogP contribution in [0.25, 0.3) is 11.0 Å². The van der Waals surface area contributed by atoms with Gasteiger partial charge in [0, 0.05) is 50.0 Å². The normalized spacial score (nSPS) is 23.4. The molecule has 1 amide bonds. The van der Waals surface area contributed by atoms with E-state index in [1.54, 1.807) is 7.11 Å². The van der Waals surface area contributed by atoms with Gasteiger partial charge >= 0.3 is 5.63 Å². The minimum absolute atomic E-state index is 0.00446. The number of benzene rings is 1. The molecule has 0 saturated carbocycles. The highest BCUT2D eigenvalue weighted by molar-refractivity contribution is 5.93. The lowest BCUT2D eigenvalue weighted by atomic mass is 9.83. The Morgan fingerprint density at radius 3 is 2.76 bits per heavy atom. The third kappa shape index (κ3) is 5.87. The van der Waals surface area contributed by atoms with Gasteiger partial charge in [-0.3, -0.25) is 4.79 Å². The predicted octanol–water partition coefficient (Wildman–Crippen LogP) is 4.89. The van der Waals surface area contributed by atoms with Crippen molar-refractivity contribution in [1.82, 2.24) is 9.80 Å². The first-order valence-corrected chi connectivity index (χ1v) is 15.8. The van der Waals surface area contributed by atoms with Crippen molar-refractivity contribution in [1.29, 1.82) is 0 Å². The summed E-state index contributed by atoms with van der Waals surface area (Å²) in [7, 11) is 1.71. The summed E-state index contributed by atoms with van der Waals surface area (Å²) in [5.41, 5.74) is 2.70. The number of ether oxygens (including phenoxy) is 3. The number of nitrogens with zero attached hydrogens (tertiary/aromatic N) is 2. The highest BCUT2D eigenvalue weighted by Crippen LogP contribution is 2.44. The molecule has 1 aromatic carbocycles. The van der Waals surface area contributed by atoms with Crippen molar-refractivity contribution >= 4 is 16.9 Å². The quantitative estimate of drug-likeness (QED) is 0.316. The lowest BCUT2D eigenvalue weighted by Gasteiger charge is -2.45. The molecule has 0 N–H and O–H groups in total. The summed E-state index contributed by atoms with van der Waals surface area (Å²) in [6.45, 7) is 8.50. The third-order valence-electron chi connectivity index (χ3n) is 9.80. The fourth-order valence-electron chi connectivity index (χ4n) is 7.69. The van der Waals surface area contributed by atoms with Crippen LogP contribution in [0.15, 0.2) is 15.3 Å². The second kappa shape index (κ2) is 12.0. The van der Waals surface area contributed by atoms with Crippen LogP contribution in [0.4, 0.5) is 0 Å². The topological polar surface area (TPSA) is 81.5 Å². The largest absolute Gasteiger partial charge is 0.487 e. The minimum atomic E-state index is -0.323. The molecule has 4 aliphatic rings. The zero-order valence-corrected chi connectivity index (χ0v) is 25.1. The molecule has 41 heavy (non-hydrogen) atoms. The average molecular weight is 567 g/mol. The maximum Gasteiger partial charge on any atom is 0.339 e. The minimum Gasteiger partial charge on any atom is -0.487 e. The monoisotopic (exact) mass is 566 g/mol. The van der Waals surface area contributed by atoms with E-state index in [1.165, 1.54) is 45.2 Å². The Balaban J connectivity index is 1.27. The van der Waals surface area contributed by atoms with Crippen LogP contribution >= 0.6 is 0 Å². The number of carbonyl (C=O) groups is 1. The SMILES string of the molecule is COCCCN(CC1CCCN2CCCCC12)C(=O)COc1cc2c(c3oc(=O)c4c(c13)CCC4)CCC(C)(C)O2. The van der Waals surface area contributed by atoms with Gasteiger partial charge in [0.1, 0.15) is 22.7 Å². The maximum absolute atomic E-state index is 13.8. The predicted molar refractivity (Wildman–Crippen MR) is 158 cm³/mol. The van der Waals surface area contributed by atoms with Crippen molar-refractivity contribution < 1.29 is 23.4 Å². The molecule has 1 aliphatic carbocycles. The van der Waals surface area contributed by atoms with Crippen LogP contribution in [0.1, 0.15) is 81.9 Å². The van der Waals surface area contributed by atoms with E-state index in [2.05, 4.69) is 18.7 Å². The number of piperidine rings is 2. The maximum atomic E-state index is 13.8. The zero-order chi connectivity index (χ0) is 28.6. The van der Waals surface area contributed by atoms with Crippen LogP contribution in [0.3, 0.4) is 0 Å². The highest BCUT2D eigenvalue weighted by atomic mass is 16.5. The van der Waals surface area contributed by atoms with Crippen LogP contribution in [0.2, 0.25) is 0 Å². The molecule has 0 radical (unpaired) electrons. The van der Waals surface area contributed by atoms with E-state index < -0.39 is 0 Å². The Kier molecular flexibility index (Phi) is 8.32. The number of methoxy groups -OCH3 is 1. The molecule has 8 heteroatoms. The molecule has 0 spiro atoms. The first-order valence-electron chi connectivity index (χ1n) is 15.8. The first kappa shape index (κ1) is 28.5. The fraction of sp³-hybridized carbons (Fsp3) is 0.697. The van der Waals surface area contributed by atoms with Crippen LogP contribution in [0, 0.1) is 5.92 Å². The molecule has 4 heterocycles. The fourth-order valence-corrected chi connectivity index (χ4v) is 7.69. The van der Waals surface area contributed by atoms with Gasteiger partial charge in [0.15, 0.2) is 6.61 Å². The Bertz CT molecular complexity index is 1330. The van der Waals surface area contributed by atoms with E-state index in [-0.39, 0.29) is 23.7 Å². The van der Waals surface area contributed by atoms with Crippen molar-refractivity contribution in [3.8, 4) is 11.5 Å². The third-order valence-corrected chi connectivity index (χ3v) is 9.80. The lowest BCUT2D eigenvalue weighted by Crippen LogP contribution is -2.52. The van der Waals surface area contributed by atoms with E-state index in [0.717, 1.165) is 67.1 Å². The van der Waals surface area contributed by atoms with Gasteiger partial charge in [0.2, 0.25) is 0 Å². The second-order valence-corrected chi connectivity index (χ2v) is 13.1. The average Bonchev–Trinajstić information content (AvgIpc) is 3.45. The van der Waals surface area contributed by atoms with Crippen molar-refractivity contribution in [3.63, 3.8) is 0 Å². The van der Waals surface area contributed by atoms with Crippen LogP contribution in [-0.2, 0) is 28.8 Å². The van der Waals surface area contributed by atoms with Gasteiger partial charge in [-0.25, -0.2) is 4.79 Å². The number of rotatable bonds is 9. The lowest BCUT2D eigenvalue weighted by molar-refractivity contribution is -0.135. The molecule has 0 bridgehead atoms. The molecule has 2 fully saturated rings. The van der Waals surface area contributed by atoms with E-state index in [9.17, 15) is 9.59 Å². The molecule has 2 atom stereocenters. The number of fused-ring (bicyclic) bond motifs is 6. The van der Waals surface area contributed by atoms with Gasteiger partial charge in [-0.05, 0) is 103 Å². The van der Waals surface area contributed by atoms with Crippen molar-refractivity contribution in [2.24, 2.45) is 5.92 Å².